The fraction of sp³-hybridized carbons (Fsp3) is 0.833. The summed E-state index contributed by atoms with van der Waals surface area (Å²) in [7, 11) is 0. The van der Waals surface area contributed by atoms with E-state index in [9.17, 15) is 0 Å². The Labute approximate surface area is 168 Å². The summed E-state index contributed by atoms with van der Waals surface area (Å²) in [6.45, 7) is 10.3. The second kappa shape index (κ2) is 9.19. The molecule has 0 amide bonds. The van der Waals surface area contributed by atoms with E-state index in [1.165, 1.54) is 32.2 Å². The standard InChI is InChI=1S/C18H31N5O.HI/c1-4-19-17(23-12-10-18(13-23)8-6-9-18)20-11-5-7-15-21-16(14(2)3)22-24-15;/h14H,4-13H2,1-3H3,(H,19,20);1H. The van der Waals surface area contributed by atoms with Gasteiger partial charge in [0.2, 0.25) is 5.89 Å². The van der Waals surface area contributed by atoms with Crippen molar-refractivity contribution in [3.63, 3.8) is 0 Å². The summed E-state index contributed by atoms with van der Waals surface area (Å²) in [6, 6.07) is 0. The molecule has 1 aliphatic carbocycles. The predicted molar refractivity (Wildman–Crippen MR) is 111 cm³/mol. The van der Waals surface area contributed by atoms with Crippen molar-refractivity contribution < 1.29 is 4.52 Å². The van der Waals surface area contributed by atoms with Crippen molar-refractivity contribution in [3.8, 4) is 0 Å². The lowest BCUT2D eigenvalue weighted by Gasteiger charge is -2.38. The first-order chi connectivity index (χ1) is 11.6. The predicted octanol–water partition coefficient (Wildman–Crippen LogP) is 3.59. The SMILES string of the molecule is CCNC(=NCCCc1nc(C(C)C)no1)N1CCC2(CCC2)C1.I. The van der Waals surface area contributed by atoms with E-state index < -0.39 is 0 Å². The molecular weight excluding hydrogens is 429 g/mol. The van der Waals surface area contributed by atoms with Crippen LogP contribution in [0.2, 0.25) is 0 Å². The largest absolute Gasteiger partial charge is 0.357 e. The third kappa shape index (κ3) is 5.08. The van der Waals surface area contributed by atoms with E-state index in [1.54, 1.807) is 0 Å². The minimum absolute atomic E-state index is 0. The fourth-order valence-electron chi connectivity index (χ4n) is 3.65. The number of guanidine groups is 1. The molecule has 1 aromatic heterocycles. The Balaban J connectivity index is 0.00000225. The summed E-state index contributed by atoms with van der Waals surface area (Å²) in [5, 5.41) is 7.46. The molecule has 142 valence electrons. The number of hydrogen-bond acceptors (Lipinski definition) is 4. The molecule has 0 bridgehead atoms. The molecular formula is C18H32IN5O. The third-order valence-corrected chi connectivity index (χ3v) is 5.30. The van der Waals surface area contributed by atoms with E-state index in [4.69, 9.17) is 9.52 Å². The minimum atomic E-state index is 0. The minimum Gasteiger partial charge on any atom is -0.357 e. The van der Waals surface area contributed by atoms with Crippen LogP contribution in [0, 0.1) is 5.41 Å². The van der Waals surface area contributed by atoms with Crippen LogP contribution >= 0.6 is 24.0 Å². The lowest BCUT2D eigenvalue weighted by atomic mass is 9.68. The van der Waals surface area contributed by atoms with Crippen molar-refractivity contribution in [2.45, 2.75) is 65.2 Å². The van der Waals surface area contributed by atoms with Gasteiger partial charge in [-0.2, -0.15) is 4.98 Å². The number of aliphatic imine (C=N–C) groups is 1. The Morgan fingerprint density at radius 1 is 1.36 bits per heavy atom. The molecule has 0 aromatic carbocycles. The average Bonchev–Trinajstić information content (AvgIpc) is 3.17. The van der Waals surface area contributed by atoms with Gasteiger partial charge < -0.3 is 14.7 Å². The maximum atomic E-state index is 5.29. The molecule has 1 aromatic rings. The quantitative estimate of drug-likeness (QED) is 0.304. The van der Waals surface area contributed by atoms with E-state index in [2.05, 4.69) is 41.1 Å². The van der Waals surface area contributed by atoms with E-state index in [0.29, 0.717) is 11.3 Å². The molecule has 1 saturated carbocycles. The second-order valence-corrected chi connectivity index (χ2v) is 7.57. The van der Waals surface area contributed by atoms with Crippen LogP contribution in [0.5, 0.6) is 0 Å². The fourth-order valence-corrected chi connectivity index (χ4v) is 3.65. The van der Waals surface area contributed by atoms with Gasteiger partial charge in [-0.25, -0.2) is 0 Å². The molecule has 7 heteroatoms. The van der Waals surface area contributed by atoms with Crippen LogP contribution in [0.1, 0.15) is 70.5 Å². The van der Waals surface area contributed by atoms with E-state index >= 15 is 0 Å². The molecule has 2 aliphatic rings. The summed E-state index contributed by atoms with van der Waals surface area (Å²) < 4.78 is 5.29. The molecule has 0 atom stereocenters. The third-order valence-electron chi connectivity index (χ3n) is 5.30. The van der Waals surface area contributed by atoms with E-state index in [0.717, 1.165) is 50.2 Å². The van der Waals surface area contributed by atoms with Gasteiger partial charge in [-0.15, -0.1) is 24.0 Å². The molecule has 1 spiro atoms. The van der Waals surface area contributed by atoms with Crippen LogP contribution in [0.25, 0.3) is 0 Å². The molecule has 2 heterocycles. The van der Waals surface area contributed by atoms with Gasteiger partial charge in [-0.1, -0.05) is 25.4 Å². The lowest BCUT2D eigenvalue weighted by molar-refractivity contribution is 0.151. The van der Waals surface area contributed by atoms with Gasteiger partial charge in [0.15, 0.2) is 11.8 Å². The zero-order valence-corrected chi connectivity index (χ0v) is 18.1. The van der Waals surface area contributed by atoms with Gasteiger partial charge in [-0.3, -0.25) is 4.99 Å². The Morgan fingerprint density at radius 2 is 2.16 bits per heavy atom. The lowest BCUT2D eigenvalue weighted by Crippen LogP contribution is -2.42. The van der Waals surface area contributed by atoms with Gasteiger partial charge in [0.1, 0.15) is 0 Å². The number of likely N-dealkylation sites (tertiary alicyclic amines) is 1. The van der Waals surface area contributed by atoms with Crippen LogP contribution in [-0.4, -0.2) is 47.2 Å². The number of aryl methyl sites for hydroxylation is 1. The highest BCUT2D eigenvalue weighted by Gasteiger charge is 2.43. The molecule has 2 fully saturated rings. The van der Waals surface area contributed by atoms with Crippen molar-refractivity contribution in [2.75, 3.05) is 26.2 Å². The van der Waals surface area contributed by atoms with Gasteiger partial charge in [0, 0.05) is 38.5 Å². The van der Waals surface area contributed by atoms with Crippen LogP contribution in [-0.2, 0) is 6.42 Å². The summed E-state index contributed by atoms with van der Waals surface area (Å²) in [4.78, 5) is 11.7. The average molecular weight is 461 g/mol. The van der Waals surface area contributed by atoms with Crippen molar-refractivity contribution >= 4 is 29.9 Å². The van der Waals surface area contributed by atoms with Crippen molar-refractivity contribution in [3.05, 3.63) is 11.7 Å². The number of nitrogens with one attached hydrogen (secondary N) is 1. The monoisotopic (exact) mass is 461 g/mol. The summed E-state index contributed by atoms with van der Waals surface area (Å²) in [5.41, 5.74) is 0.604. The molecule has 3 rings (SSSR count). The zero-order valence-electron chi connectivity index (χ0n) is 15.8. The van der Waals surface area contributed by atoms with Crippen molar-refractivity contribution in [1.29, 1.82) is 0 Å². The maximum Gasteiger partial charge on any atom is 0.226 e. The van der Waals surface area contributed by atoms with Crippen LogP contribution in [0.3, 0.4) is 0 Å². The molecule has 6 nitrogen and oxygen atoms in total. The summed E-state index contributed by atoms with van der Waals surface area (Å²) >= 11 is 0. The van der Waals surface area contributed by atoms with Gasteiger partial charge in [0.25, 0.3) is 0 Å². The normalized spacial score (nSPS) is 19.2. The molecule has 1 saturated heterocycles. The highest BCUT2D eigenvalue weighted by Crippen LogP contribution is 2.47. The highest BCUT2D eigenvalue weighted by molar-refractivity contribution is 14.0. The molecule has 0 unspecified atom stereocenters. The van der Waals surface area contributed by atoms with Crippen LogP contribution in [0.4, 0.5) is 0 Å². The highest BCUT2D eigenvalue weighted by atomic mass is 127. The first-order valence-corrected chi connectivity index (χ1v) is 9.48. The van der Waals surface area contributed by atoms with Crippen LogP contribution < -0.4 is 5.32 Å². The molecule has 1 aliphatic heterocycles. The molecule has 1 N–H and O–H groups in total. The summed E-state index contributed by atoms with van der Waals surface area (Å²) in [5.74, 6) is 2.92. The number of rotatable bonds is 6. The first-order valence-electron chi connectivity index (χ1n) is 9.48. The smallest absolute Gasteiger partial charge is 0.226 e. The first kappa shape index (κ1) is 20.5. The number of halogens is 1. The number of aromatic nitrogens is 2. The van der Waals surface area contributed by atoms with E-state index in [1.807, 2.05) is 0 Å². The van der Waals surface area contributed by atoms with Gasteiger partial charge in [0.05, 0.1) is 0 Å². The maximum absolute atomic E-state index is 5.29. The van der Waals surface area contributed by atoms with Gasteiger partial charge in [-0.05, 0) is 38.0 Å². The van der Waals surface area contributed by atoms with Crippen LogP contribution in [0.15, 0.2) is 9.52 Å². The Kier molecular flexibility index (Phi) is 7.51. The van der Waals surface area contributed by atoms with Crippen molar-refractivity contribution in [1.82, 2.24) is 20.4 Å². The second-order valence-electron chi connectivity index (χ2n) is 7.57. The Bertz CT molecular complexity index is 568. The zero-order chi connectivity index (χ0) is 17.0. The topological polar surface area (TPSA) is 66.5 Å². The van der Waals surface area contributed by atoms with Gasteiger partial charge >= 0.3 is 0 Å². The molecule has 0 radical (unpaired) electrons. The Morgan fingerprint density at radius 3 is 2.72 bits per heavy atom. The summed E-state index contributed by atoms with van der Waals surface area (Å²) in [6.07, 6.45) is 7.28. The number of hydrogen-bond donors (Lipinski definition) is 1. The number of nitrogens with zero attached hydrogens (tertiary/aromatic N) is 4. The Hall–Kier alpha value is -0.860. The molecule has 25 heavy (non-hydrogen) atoms. The van der Waals surface area contributed by atoms with E-state index in [-0.39, 0.29) is 24.0 Å². The van der Waals surface area contributed by atoms with Crippen molar-refractivity contribution in [2.24, 2.45) is 10.4 Å².